The molecule has 1 aromatic carbocycles. The van der Waals surface area contributed by atoms with Crippen LogP contribution >= 0.6 is 0 Å². The molecule has 4 aliphatic carbocycles. The topological polar surface area (TPSA) is 174 Å². The van der Waals surface area contributed by atoms with Crippen LogP contribution < -0.4 is 10.5 Å². The molecule has 1 aromatic rings. The molecule has 6 N–H and O–H groups in total. The lowest BCUT2D eigenvalue weighted by atomic mass is 9.58. The maximum absolute atomic E-state index is 13.8. The first-order chi connectivity index (χ1) is 18.3. The number of phenolic OH excluding ortho intramolecular Hbond substituents is 1. The van der Waals surface area contributed by atoms with E-state index in [0.717, 1.165) is 12.1 Å². The van der Waals surface area contributed by atoms with Gasteiger partial charge in [0.1, 0.15) is 28.6 Å². The zero-order valence-corrected chi connectivity index (χ0v) is 22.5. The number of primary amides is 1. The number of ketones is 2. The molecule has 4 aliphatic rings. The number of likely N-dealkylation sites (N-methyl/N-ethyl adjacent to an activating group) is 1. The maximum atomic E-state index is 13.8. The number of hydrogen-bond acceptors (Lipinski definition) is 10. The molecule has 0 aromatic heterocycles. The number of methoxy groups -OCH3 is 1. The summed E-state index contributed by atoms with van der Waals surface area (Å²) in [5.74, 6) is -5.58. The Hall–Kier alpha value is -3.41. The number of nitrogens with zero attached hydrogens (tertiary/aromatic N) is 2. The van der Waals surface area contributed by atoms with Crippen molar-refractivity contribution in [3.05, 3.63) is 45.4 Å². The van der Waals surface area contributed by atoms with Gasteiger partial charge in [-0.1, -0.05) is 0 Å². The second kappa shape index (κ2) is 9.35. The number of aromatic hydroxyl groups is 1. The summed E-state index contributed by atoms with van der Waals surface area (Å²) >= 11 is 0. The summed E-state index contributed by atoms with van der Waals surface area (Å²) in [5.41, 5.74) is 2.85. The number of hydrogen-bond donors (Lipinski definition) is 5. The Morgan fingerprint density at radius 1 is 1.18 bits per heavy atom. The molecule has 0 unspecified atom stereocenters. The summed E-state index contributed by atoms with van der Waals surface area (Å²) in [6, 6.07) is 0.449. The van der Waals surface area contributed by atoms with Crippen molar-refractivity contribution in [2.24, 2.45) is 23.5 Å². The van der Waals surface area contributed by atoms with Gasteiger partial charge in [-0.2, -0.15) is 0 Å². The van der Waals surface area contributed by atoms with E-state index in [1.807, 2.05) is 7.05 Å². The summed E-state index contributed by atoms with van der Waals surface area (Å²) in [5, 5.41) is 44.9. The van der Waals surface area contributed by atoms with Gasteiger partial charge in [-0.05, 0) is 64.7 Å². The number of rotatable bonds is 7. The van der Waals surface area contributed by atoms with Gasteiger partial charge >= 0.3 is 0 Å². The van der Waals surface area contributed by atoms with Crippen LogP contribution in [0.25, 0.3) is 0 Å². The standard InChI is InChI=1S/C28H35N3O8/c1-30(2)21-16-8-13-7-15-19(17(32)9-14(24(15)39-4)11-31(3)10-12-5-6-12)22(33)18(13)25(35)28(16,38)26(36)20(23(21)34)27(29)37/h9,12-13,16,21,32,34-35,38H,5-8,10-11H2,1-4H3,(H2,29,37)/t13-,16-,21-,28-/m0/s1. The summed E-state index contributed by atoms with van der Waals surface area (Å²) in [6.45, 7) is 1.41. The Kier molecular flexibility index (Phi) is 6.52. The largest absolute Gasteiger partial charge is 0.510 e. The fourth-order valence-corrected chi connectivity index (χ4v) is 6.83. The van der Waals surface area contributed by atoms with Crippen LogP contribution in [0, 0.1) is 17.8 Å². The van der Waals surface area contributed by atoms with Gasteiger partial charge in [-0.3, -0.25) is 19.3 Å². The average Bonchev–Trinajstić information content (AvgIpc) is 3.64. The zero-order valence-electron chi connectivity index (χ0n) is 22.5. The molecule has 1 fully saturated rings. The van der Waals surface area contributed by atoms with Crippen molar-refractivity contribution in [2.45, 2.75) is 43.9 Å². The third-order valence-corrected chi connectivity index (χ3v) is 8.66. The highest BCUT2D eigenvalue weighted by molar-refractivity contribution is 6.24. The van der Waals surface area contributed by atoms with E-state index < -0.39 is 58.0 Å². The highest BCUT2D eigenvalue weighted by Crippen LogP contribution is 2.53. The fraction of sp³-hybridized carbons (Fsp3) is 0.536. The first-order valence-electron chi connectivity index (χ1n) is 13.1. The van der Waals surface area contributed by atoms with Crippen molar-refractivity contribution in [1.29, 1.82) is 0 Å². The molecular weight excluding hydrogens is 506 g/mol. The lowest BCUT2D eigenvalue weighted by Crippen LogP contribution is -2.63. The van der Waals surface area contributed by atoms with Crippen molar-refractivity contribution < 1.29 is 39.5 Å². The molecule has 5 rings (SSSR count). The van der Waals surface area contributed by atoms with E-state index in [0.29, 0.717) is 23.8 Å². The monoisotopic (exact) mass is 541 g/mol. The normalized spacial score (nSPS) is 28.5. The molecule has 0 bridgehead atoms. The number of ether oxygens (including phenoxy) is 1. The number of carbonyl (C=O) groups is 3. The molecule has 0 aliphatic heterocycles. The number of aliphatic hydroxyl groups is 3. The van der Waals surface area contributed by atoms with E-state index in [4.69, 9.17) is 10.5 Å². The van der Waals surface area contributed by atoms with Crippen molar-refractivity contribution >= 4 is 17.5 Å². The molecule has 0 heterocycles. The Labute approximate surface area is 226 Å². The minimum absolute atomic E-state index is 0.0293. The third-order valence-electron chi connectivity index (χ3n) is 8.66. The van der Waals surface area contributed by atoms with E-state index in [1.165, 1.54) is 30.9 Å². The van der Waals surface area contributed by atoms with Gasteiger partial charge in [-0.25, -0.2) is 0 Å². The van der Waals surface area contributed by atoms with E-state index in [-0.39, 0.29) is 29.7 Å². The van der Waals surface area contributed by atoms with Crippen molar-refractivity contribution in [2.75, 3.05) is 34.8 Å². The molecule has 4 atom stereocenters. The van der Waals surface area contributed by atoms with E-state index in [2.05, 4.69) is 4.90 Å². The number of fused-ring (bicyclic) bond motifs is 3. The Bertz CT molecular complexity index is 1340. The first-order valence-corrected chi connectivity index (χ1v) is 13.1. The van der Waals surface area contributed by atoms with Gasteiger partial charge in [0.25, 0.3) is 5.91 Å². The lowest BCUT2D eigenvalue weighted by molar-refractivity contribution is -0.148. The SMILES string of the molecule is COc1c(CN(C)CC2CC2)cc(O)c2c1C[C@H]1C[C@H]3[C@H](N(C)C)C(O)=C(C(N)=O)C(=O)[C@@]3(O)C(O)=C1C2=O. The van der Waals surface area contributed by atoms with Crippen molar-refractivity contribution in [1.82, 2.24) is 9.80 Å². The number of aliphatic hydroxyl groups excluding tert-OH is 2. The van der Waals surface area contributed by atoms with E-state index >= 15 is 0 Å². The molecule has 1 amide bonds. The Morgan fingerprint density at radius 3 is 2.41 bits per heavy atom. The second-order valence-electron chi connectivity index (χ2n) is 11.5. The van der Waals surface area contributed by atoms with Gasteiger partial charge in [-0.15, -0.1) is 0 Å². The number of Topliss-reactive ketones (excluding diaryl/α,β-unsaturated/α-hetero) is 2. The number of amides is 1. The first kappa shape index (κ1) is 27.2. The summed E-state index contributed by atoms with van der Waals surface area (Å²) in [6.07, 6.45) is 2.61. The number of allylic oxidation sites excluding steroid dienone is 1. The highest BCUT2D eigenvalue weighted by Gasteiger charge is 2.63. The molecular formula is C28H35N3O8. The maximum Gasteiger partial charge on any atom is 0.255 e. The zero-order chi connectivity index (χ0) is 28.5. The van der Waals surface area contributed by atoms with Crippen LogP contribution in [0.2, 0.25) is 0 Å². The van der Waals surface area contributed by atoms with Gasteiger partial charge < -0.3 is 35.8 Å². The molecule has 1 saturated carbocycles. The predicted molar refractivity (Wildman–Crippen MR) is 139 cm³/mol. The fourth-order valence-electron chi connectivity index (χ4n) is 6.83. The van der Waals surface area contributed by atoms with E-state index in [1.54, 1.807) is 14.1 Å². The van der Waals surface area contributed by atoms with Gasteiger partial charge in [0.05, 0.1) is 18.7 Å². The second-order valence-corrected chi connectivity index (χ2v) is 11.5. The number of phenols is 1. The van der Waals surface area contributed by atoms with Crippen LogP contribution in [-0.4, -0.2) is 94.1 Å². The summed E-state index contributed by atoms with van der Waals surface area (Å²) in [7, 11) is 6.68. The highest BCUT2D eigenvalue weighted by atomic mass is 16.5. The molecule has 210 valence electrons. The molecule has 39 heavy (non-hydrogen) atoms. The molecule has 0 radical (unpaired) electrons. The molecule has 11 nitrogen and oxygen atoms in total. The third kappa shape index (κ3) is 4.02. The smallest absolute Gasteiger partial charge is 0.255 e. The van der Waals surface area contributed by atoms with Crippen LogP contribution in [0.1, 0.15) is 40.7 Å². The quantitative estimate of drug-likeness (QED) is 0.313. The van der Waals surface area contributed by atoms with Gasteiger partial charge in [0.15, 0.2) is 11.4 Å². The van der Waals surface area contributed by atoms with Crippen LogP contribution in [-0.2, 0) is 22.6 Å². The molecule has 0 spiro atoms. The number of carbonyl (C=O) groups excluding carboxylic acids is 3. The van der Waals surface area contributed by atoms with Crippen LogP contribution in [0.3, 0.4) is 0 Å². The number of benzene rings is 1. The van der Waals surface area contributed by atoms with Crippen LogP contribution in [0.15, 0.2) is 28.7 Å². The van der Waals surface area contributed by atoms with Gasteiger partial charge in [0, 0.05) is 35.7 Å². The minimum Gasteiger partial charge on any atom is -0.510 e. The Morgan fingerprint density at radius 2 is 1.85 bits per heavy atom. The summed E-state index contributed by atoms with van der Waals surface area (Å²) < 4.78 is 5.76. The van der Waals surface area contributed by atoms with E-state index in [9.17, 15) is 34.8 Å². The lowest BCUT2D eigenvalue weighted by Gasteiger charge is -2.50. The summed E-state index contributed by atoms with van der Waals surface area (Å²) in [4.78, 5) is 43.0. The number of nitrogens with two attached hydrogens (primary N) is 1. The Balaban J connectivity index is 1.63. The molecule has 0 saturated heterocycles. The average molecular weight is 542 g/mol. The minimum atomic E-state index is -2.66. The van der Waals surface area contributed by atoms with Gasteiger partial charge in [0.2, 0.25) is 5.78 Å². The van der Waals surface area contributed by atoms with Crippen LogP contribution in [0.4, 0.5) is 0 Å². The molecule has 11 heteroatoms. The van der Waals surface area contributed by atoms with Crippen molar-refractivity contribution in [3.8, 4) is 11.5 Å². The van der Waals surface area contributed by atoms with Crippen LogP contribution in [0.5, 0.6) is 11.5 Å². The van der Waals surface area contributed by atoms with Crippen molar-refractivity contribution in [3.63, 3.8) is 0 Å². The predicted octanol–water partition coefficient (Wildman–Crippen LogP) is 0.971.